The van der Waals surface area contributed by atoms with Crippen molar-refractivity contribution in [3.8, 4) is 0 Å². The second-order valence-corrected chi connectivity index (χ2v) is 4.56. The molecule has 0 bridgehead atoms. The molecular weight excluding hydrogens is 232 g/mol. The molecule has 0 aliphatic carbocycles. The molecule has 1 saturated heterocycles. The van der Waals surface area contributed by atoms with Crippen molar-refractivity contribution in [1.29, 1.82) is 0 Å². The Bertz CT molecular complexity index is 422. The summed E-state index contributed by atoms with van der Waals surface area (Å²) in [6.07, 6.45) is 2.54. The highest BCUT2D eigenvalue weighted by atomic mass is 16.5. The van der Waals surface area contributed by atoms with Crippen molar-refractivity contribution in [2.75, 3.05) is 6.54 Å². The van der Waals surface area contributed by atoms with Gasteiger partial charge in [-0.2, -0.15) is 0 Å². The van der Waals surface area contributed by atoms with E-state index in [9.17, 15) is 4.79 Å². The molecule has 0 aromatic carbocycles. The van der Waals surface area contributed by atoms with Crippen molar-refractivity contribution < 1.29 is 14.6 Å². The second kappa shape index (κ2) is 5.93. The molecule has 1 aliphatic heterocycles. The smallest absolute Gasteiger partial charge is 0.332 e. The number of aromatic nitrogens is 1. The molecule has 2 heterocycles. The number of pyridine rings is 1. The van der Waals surface area contributed by atoms with Gasteiger partial charge in [-0.05, 0) is 31.4 Å². The van der Waals surface area contributed by atoms with Gasteiger partial charge in [-0.1, -0.05) is 6.07 Å². The van der Waals surface area contributed by atoms with Crippen molar-refractivity contribution in [3.63, 3.8) is 0 Å². The van der Waals surface area contributed by atoms with E-state index in [2.05, 4.69) is 10.3 Å². The quantitative estimate of drug-likeness (QED) is 0.819. The third kappa shape index (κ3) is 3.27. The highest BCUT2D eigenvalue weighted by Gasteiger charge is 2.29. The molecule has 1 fully saturated rings. The van der Waals surface area contributed by atoms with E-state index < -0.39 is 12.1 Å². The Labute approximate surface area is 106 Å². The number of carboxylic acids is 1. The molecule has 18 heavy (non-hydrogen) atoms. The highest BCUT2D eigenvalue weighted by Crippen LogP contribution is 2.19. The number of aryl methyl sites for hydroxylation is 1. The molecule has 0 amide bonds. The number of hydrogen-bond donors (Lipinski definition) is 2. The van der Waals surface area contributed by atoms with Gasteiger partial charge in [-0.25, -0.2) is 4.79 Å². The lowest BCUT2D eigenvalue weighted by molar-refractivity contribution is -0.149. The van der Waals surface area contributed by atoms with E-state index in [0.29, 0.717) is 19.5 Å². The Hall–Kier alpha value is -1.46. The van der Waals surface area contributed by atoms with E-state index >= 15 is 0 Å². The number of nitrogens with one attached hydrogen (secondary N) is 1. The van der Waals surface area contributed by atoms with E-state index in [0.717, 1.165) is 17.7 Å². The average molecular weight is 250 g/mol. The van der Waals surface area contributed by atoms with Gasteiger partial charge in [-0.3, -0.25) is 4.98 Å². The van der Waals surface area contributed by atoms with Crippen LogP contribution in [0.4, 0.5) is 0 Å². The molecule has 5 heteroatoms. The third-order valence-corrected chi connectivity index (χ3v) is 3.17. The van der Waals surface area contributed by atoms with Crippen molar-refractivity contribution in [2.45, 2.75) is 38.5 Å². The van der Waals surface area contributed by atoms with Crippen LogP contribution in [-0.4, -0.2) is 34.8 Å². The minimum absolute atomic E-state index is 0.00452. The number of carboxylic acid groups (broad SMARTS) is 1. The Kier molecular flexibility index (Phi) is 4.28. The van der Waals surface area contributed by atoms with Crippen LogP contribution < -0.4 is 5.32 Å². The zero-order valence-corrected chi connectivity index (χ0v) is 10.4. The molecule has 2 rings (SSSR count). The summed E-state index contributed by atoms with van der Waals surface area (Å²) in [5, 5.41) is 12.1. The van der Waals surface area contributed by atoms with Gasteiger partial charge in [0.05, 0.1) is 11.8 Å². The molecule has 1 aliphatic rings. The lowest BCUT2D eigenvalue weighted by Crippen LogP contribution is -2.29. The van der Waals surface area contributed by atoms with Gasteiger partial charge >= 0.3 is 5.97 Å². The topological polar surface area (TPSA) is 71.5 Å². The fourth-order valence-electron chi connectivity index (χ4n) is 2.09. The van der Waals surface area contributed by atoms with Crippen LogP contribution in [0.2, 0.25) is 0 Å². The molecule has 2 atom stereocenters. The fourth-order valence-corrected chi connectivity index (χ4v) is 2.09. The SMILES string of the molecule is Cc1cccnc1CNCC1CCC(C(=O)O)O1. The van der Waals surface area contributed by atoms with Gasteiger partial charge in [0.1, 0.15) is 0 Å². The molecule has 0 spiro atoms. The number of rotatable bonds is 5. The van der Waals surface area contributed by atoms with Crippen molar-refractivity contribution in [1.82, 2.24) is 10.3 Å². The van der Waals surface area contributed by atoms with Gasteiger partial charge in [0.25, 0.3) is 0 Å². The first-order chi connectivity index (χ1) is 8.66. The zero-order chi connectivity index (χ0) is 13.0. The van der Waals surface area contributed by atoms with Gasteiger partial charge in [0, 0.05) is 19.3 Å². The van der Waals surface area contributed by atoms with Crippen LogP contribution in [0.15, 0.2) is 18.3 Å². The first kappa shape index (κ1) is 13.0. The maximum Gasteiger partial charge on any atom is 0.332 e. The number of carbonyl (C=O) groups is 1. The molecule has 5 nitrogen and oxygen atoms in total. The Morgan fingerprint density at radius 3 is 3.11 bits per heavy atom. The van der Waals surface area contributed by atoms with Crippen LogP contribution in [0.25, 0.3) is 0 Å². The first-order valence-corrected chi connectivity index (χ1v) is 6.16. The summed E-state index contributed by atoms with van der Waals surface area (Å²) in [5.74, 6) is -0.863. The summed E-state index contributed by atoms with van der Waals surface area (Å²) >= 11 is 0. The van der Waals surface area contributed by atoms with E-state index in [1.165, 1.54) is 0 Å². The number of aliphatic carboxylic acids is 1. The molecule has 2 N–H and O–H groups in total. The van der Waals surface area contributed by atoms with Crippen LogP contribution in [0.5, 0.6) is 0 Å². The third-order valence-electron chi connectivity index (χ3n) is 3.17. The Morgan fingerprint density at radius 2 is 2.44 bits per heavy atom. The van der Waals surface area contributed by atoms with E-state index in [-0.39, 0.29) is 6.10 Å². The maximum atomic E-state index is 10.7. The molecule has 98 valence electrons. The van der Waals surface area contributed by atoms with Crippen LogP contribution in [0.1, 0.15) is 24.1 Å². The monoisotopic (exact) mass is 250 g/mol. The maximum absolute atomic E-state index is 10.7. The molecule has 1 aromatic rings. The largest absolute Gasteiger partial charge is 0.479 e. The molecule has 0 saturated carbocycles. The van der Waals surface area contributed by atoms with Gasteiger partial charge in [0.2, 0.25) is 0 Å². The Morgan fingerprint density at radius 1 is 1.61 bits per heavy atom. The fraction of sp³-hybridized carbons (Fsp3) is 0.538. The van der Waals surface area contributed by atoms with E-state index in [4.69, 9.17) is 9.84 Å². The molecule has 2 unspecified atom stereocenters. The standard InChI is InChI=1S/C13H18N2O3/c1-9-3-2-6-15-11(9)8-14-7-10-4-5-12(18-10)13(16)17/h2-3,6,10,12,14H,4-5,7-8H2,1H3,(H,16,17). The first-order valence-electron chi connectivity index (χ1n) is 6.16. The average Bonchev–Trinajstić information content (AvgIpc) is 2.80. The summed E-state index contributed by atoms with van der Waals surface area (Å²) in [5.41, 5.74) is 2.17. The predicted molar refractivity (Wildman–Crippen MR) is 66.2 cm³/mol. The molecule has 0 radical (unpaired) electrons. The number of nitrogens with zero attached hydrogens (tertiary/aromatic N) is 1. The predicted octanol–water partition coefficient (Wildman–Crippen LogP) is 1.11. The van der Waals surface area contributed by atoms with Crippen LogP contribution in [0, 0.1) is 6.92 Å². The van der Waals surface area contributed by atoms with Crippen molar-refractivity contribution >= 4 is 5.97 Å². The lowest BCUT2D eigenvalue weighted by atomic mass is 10.2. The van der Waals surface area contributed by atoms with E-state index in [1.54, 1.807) is 6.20 Å². The summed E-state index contributed by atoms with van der Waals surface area (Å²) < 4.78 is 5.41. The highest BCUT2D eigenvalue weighted by molar-refractivity contribution is 5.72. The summed E-state index contributed by atoms with van der Waals surface area (Å²) in [7, 11) is 0. The minimum atomic E-state index is -0.863. The summed E-state index contributed by atoms with van der Waals surface area (Å²) in [6, 6.07) is 3.94. The van der Waals surface area contributed by atoms with E-state index in [1.807, 2.05) is 19.1 Å². The van der Waals surface area contributed by atoms with Crippen LogP contribution in [-0.2, 0) is 16.1 Å². The van der Waals surface area contributed by atoms with Crippen LogP contribution in [0.3, 0.4) is 0 Å². The summed E-state index contributed by atoms with van der Waals surface area (Å²) in [4.78, 5) is 15.0. The van der Waals surface area contributed by atoms with Crippen molar-refractivity contribution in [2.24, 2.45) is 0 Å². The molecular formula is C13H18N2O3. The number of hydrogen-bond acceptors (Lipinski definition) is 4. The normalized spacial score (nSPS) is 23.2. The second-order valence-electron chi connectivity index (χ2n) is 4.56. The van der Waals surface area contributed by atoms with Gasteiger partial charge in [0.15, 0.2) is 6.10 Å². The minimum Gasteiger partial charge on any atom is -0.479 e. The van der Waals surface area contributed by atoms with Crippen molar-refractivity contribution in [3.05, 3.63) is 29.6 Å². The van der Waals surface area contributed by atoms with Gasteiger partial charge in [-0.15, -0.1) is 0 Å². The number of ether oxygens (including phenoxy) is 1. The Balaban J connectivity index is 1.74. The zero-order valence-electron chi connectivity index (χ0n) is 10.4. The molecule has 1 aromatic heterocycles. The lowest BCUT2D eigenvalue weighted by Gasteiger charge is -2.12. The summed E-state index contributed by atoms with van der Waals surface area (Å²) in [6.45, 7) is 3.38. The van der Waals surface area contributed by atoms with Gasteiger partial charge < -0.3 is 15.2 Å². The van der Waals surface area contributed by atoms with Crippen LogP contribution >= 0.6 is 0 Å².